The number of methoxy groups -OCH3 is 1. The van der Waals surface area contributed by atoms with Gasteiger partial charge in [0.05, 0.1) is 24.9 Å². The molecule has 0 radical (unpaired) electrons. The van der Waals surface area contributed by atoms with E-state index in [1.54, 1.807) is 0 Å². The first-order chi connectivity index (χ1) is 10.7. The quantitative estimate of drug-likeness (QED) is 0.519. The topological polar surface area (TPSA) is 96.7 Å². The smallest absolute Gasteiger partial charge is 0.136 e. The predicted molar refractivity (Wildman–Crippen MR) is 80.4 cm³/mol. The van der Waals surface area contributed by atoms with Crippen LogP contribution in [0, 0.1) is 0 Å². The average Bonchev–Trinajstić information content (AvgIpc) is 2.86. The highest BCUT2D eigenvalue weighted by molar-refractivity contribution is 7.99. The predicted octanol–water partition coefficient (Wildman–Crippen LogP) is 1.96. The molecule has 1 aromatic rings. The highest BCUT2D eigenvalue weighted by Gasteiger charge is 2.52. The number of aliphatic hydroxyl groups is 1. The number of aliphatic hydroxyl groups excluding tert-OH is 1. The van der Waals surface area contributed by atoms with Crippen molar-refractivity contribution in [3.8, 4) is 0 Å². The van der Waals surface area contributed by atoms with Gasteiger partial charge in [-0.25, -0.2) is 0 Å². The van der Waals surface area contributed by atoms with Crippen LogP contribution in [0.3, 0.4) is 0 Å². The lowest BCUT2D eigenvalue weighted by atomic mass is 9.97. The summed E-state index contributed by atoms with van der Waals surface area (Å²) < 4.78 is 16.9. The second-order valence-corrected chi connectivity index (χ2v) is 6.33. The molecular formula is C14H17N3O4S. The number of thioether (sulfide) groups is 1. The van der Waals surface area contributed by atoms with E-state index in [1.165, 1.54) is 18.9 Å². The van der Waals surface area contributed by atoms with E-state index in [4.69, 9.17) is 19.7 Å². The van der Waals surface area contributed by atoms with Gasteiger partial charge in [-0.05, 0) is 17.7 Å². The first-order valence-electron chi connectivity index (χ1n) is 6.98. The van der Waals surface area contributed by atoms with Gasteiger partial charge in [0, 0.05) is 16.9 Å². The van der Waals surface area contributed by atoms with Crippen LogP contribution in [0.4, 0.5) is 0 Å². The van der Waals surface area contributed by atoms with Gasteiger partial charge in [-0.1, -0.05) is 35.1 Å². The Morgan fingerprint density at radius 3 is 2.82 bits per heavy atom. The van der Waals surface area contributed by atoms with E-state index >= 15 is 0 Å². The van der Waals surface area contributed by atoms with Gasteiger partial charge < -0.3 is 19.3 Å². The van der Waals surface area contributed by atoms with Gasteiger partial charge >= 0.3 is 0 Å². The van der Waals surface area contributed by atoms with Crippen molar-refractivity contribution in [2.75, 3.05) is 13.7 Å². The van der Waals surface area contributed by atoms with Gasteiger partial charge in [0.2, 0.25) is 0 Å². The minimum atomic E-state index is -0.788. The van der Waals surface area contributed by atoms with E-state index in [2.05, 4.69) is 10.0 Å². The van der Waals surface area contributed by atoms with Gasteiger partial charge in [-0.15, -0.1) is 0 Å². The number of nitrogens with zero attached hydrogens (tertiary/aromatic N) is 3. The minimum absolute atomic E-state index is 0.268. The van der Waals surface area contributed by atoms with Crippen LogP contribution >= 0.6 is 11.8 Å². The molecule has 2 aliphatic heterocycles. The van der Waals surface area contributed by atoms with Crippen molar-refractivity contribution >= 4 is 11.8 Å². The van der Waals surface area contributed by atoms with Crippen molar-refractivity contribution in [3.05, 3.63) is 40.8 Å². The van der Waals surface area contributed by atoms with Gasteiger partial charge in [-0.3, -0.25) is 0 Å². The van der Waals surface area contributed by atoms with E-state index in [1.807, 2.05) is 30.3 Å². The van der Waals surface area contributed by atoms with Crippen molar-refractivity contribution < 1.29 is 19.3 Å². The molecule has 1 aromatic carbocycles. The summed E-state index contributed by atoms with van der Waals surface area (Å²) in [5.41, 5.74) is 8.29. The van der Waals surface area contributed by atoms with Crippen LogP contribution in [0.1, 0.15) is 0 Å². The van der Waals surface area contributed by atoms with E-state index in [-0.39, 0.29) is 12.7 Å². The Kier molecular flexibility index (Phi) is 4.87. The summed E-state index contributed by atoms with van der Waals surface area (Å²) in [4.78, 5) is 3.87. The molecule has 2 aliphatic rings. The molecule has 0 amide bonds. The van der Waals surface area contributed by atoms with Crippen LogP contribution in [0.25, 0.3) is 10.4 Å². The van der Waals surface area contributed by atoms with Crippen LogP contribution in [0.5, 0.6) is 0 Å². The third-order valence-corrected chi connectivity index (χ3v) is 5.05. The van der Waals surface area contributed by atoms with Crippen molar-refractivity contribution in [1.82, 2.24) is 0 Å². The van der Waals surface area contributed by atoms with E-state index in [9.17, 15) is 5.11 Å². The van der Waals surface area contributed by atoms with Crippen molar-refractivity contribution in [3.63, 3.8) is 0 Å². The lowest BCUT2D eigenvalue weighted by Crippen LogP contribution is -2.53. The molecule has 3 rings (SSSR count). The second-order valence-electron chi connectivity index (χ2n) is 5.16. The maximum atomic E-state index is 10.4. The monoisotopic (exact) mass is 323 g/mol. The molecule has 0 bridgehead atoms. The number of azide groups is 1. The molecular weight excluding hydrogens is 306 g/mol. The van der Waals surface area contributed by atoms with Crippen LogP contribution in [-0.4, -0.2) is 54.7 Å². The Morgan fingerprint density at radius 2 is 2.14 bits per heavy atom. The highest BCUT2D eigenvalue weighted by Crippen LogP contribution is 2.39. The summed E-state index contributed by atoms with van der Waals surface area (Å²) in [6.45, 7) is 0.268. The third-order valence-electron chi connectivity index (χ3n) is 3.88. The Bertz CT molecular complexity index is 554. The summed E-state index contributed by atoms with van der Waals surface area (Å²) in [6, 6.07) is 9.18. The van der Waals surface area contributed by atoms with Crippen molar-refractivity contribution in [2.24, 2.45) is 5.11 Å². The molecule has 7 nitrogen and oxygen atoms in total. The molecule has 0 unspecified atom stereocenters. The normalized spacial score (nSPS) is 37.4. The summed E-state index contributed by atoms with van der Waals surface area (Å²) in [7, 11) is 1.54. The Balaban J connectivity index is 1.77. The SMILES string of the molecule is CO[C@@H]1CO[C@H]2[C@@H](O)[C@@H](Sc3ccccc3)O[C@@H]2[C@@H]1N=[N+]=[N-]. The molecule has 1 N–H and O–H groups in total. The molecule has 118 valence electrons. The summed E-state index contributed by atoms with van der Waals surface area (Å²) in [6.07, 6.45) is -2.18. The van der Waals surface area contributed by atoms with Crippen molar-refractivity contribution in [1.29, 1.82) is 0 Å². The zero-order chi connectivity index (χ0) is 15.5. The number of fused-ring (bicyclic) bond motifs is 1. The molecule has 22 heavy (non-hydrogen) atoms. The number of ether oxygens (including phenoxy) is 3. The zero-order valence-corrected chi connectivity index (χ0v) is 12.8. The van der Waals surface area contributed by atoms with E-state index < -0.39 is 29.8 Å². The van der Waals surface area contributed by atoms with Gasteiger partial charge in [0.15, 0.2) is 0 Å². The van der Waals surface area contributed by atoms with Gasteiger partial charge in [0.1, 0.15) is 17.6 Å². The summed E-state index contributed by atoms with van der Waals surface area (Å²) in [5.74, 6) is 0. The van der Waals surface area contributed by atoms with Gasteiger partial charge in [0.25, 0.3) is 0 Å². The van der Waals surface area contributed by atoms with Gasteiger partial charge in [-0.2, -0.15) is 0 Å². The molecule has 0 saturated carbocycles. The fourth-order valence-electron chi connectivity index (χ4n) is 2.78. The average molecular weight is 323 g/mol. The molecule has 0 spiro atoms. The third kappa shape index (κ3) is 2.94. The largest absolute Gasteiger partial charge is 0.387 e. The molecule has 2 saturated heterocycles. The zero-order valence-electron chi connectivity index (χ0n) is 12.0. The van der Waals surface area contributed by atoms with E-state index in [0.717, 1.165) is 4.90 Å². The fourth-order valence-corrected chi connectivity index (χ4v) is 3.84. The molecule has 6 atom stereocenters. The maximum absolute atomic E-state index is 10.4. The summed E-state index contributed by atoms with van der Waals surface area (Å²) in [5, 5.41) is 14.2. The fraction of sp³-hybridized carbons (Fsp3) is 0.571. The number of hydrogen-bond acceptors (Lipinski definition) is 6. The Morgan fingerprint density at radius 1 is 1.36 bits per heavy atom. The number of rotatable bonds is 4. The molecule has 2 heterocycles. The lowest BCUT2D eigenvalue weighted by Gasteiger charge is -2.35. The Labute approximate surface area is 132 Å². The maximum Gasteiger partial charge on any atom is 0.136 e. The first kappa shape index (κ1) is 15.6. The van der Waals surface area contributed by atoms with Crippen LogP contribution < -0.4 is 0 Å². The highest BCUT2D eigenvalue weighted by atomic mass is 32.2. The standard InChI is InChI=1S/C14H17N3O4S/c1-19-9-7-20-13-11(18)14(21-12(13)10(9)16-17-15)22-8-5-3-2-4-6-8/h2-6,9-14,18H,7H2,1H3/t9-,10-,11-,12-,13+,14-/m1/s1. The molecule has 0 aliphatic carbocycles. The second kappa shape index (κ2) is 6.87. The Hall–Kier alpha value is -1.28. The lowest BCUT2D eigenvalue weighted by molar-refractivity contribution is -0.137. The molecule has 0 aromatic heterocycles. The van der Waals surface area contributed by atoms with Crippen LogP contribution in [0.15, 0.2) is 40.3 Å². The van der Waals surface area contributed by atoms with Crippen LogP contribution in [-0.2, 0) is 14.2 Å². The van der Waals surface area contributed by atoms with E-state index in [0.29, 0.717) is 0 Å². The molecule has 8 heteroatoms. The minimum Gasteiger partial charge on any atom is -0.387 e. The summed E-state index contributed by atoms with van der Waals surface area (Å²) >= 11 is 1.43. The van der Waals surface area contributed by atoms with Crippen molar-refractivity contribution in [2.45, 2.75) is 40.8 Å². The number of hydrogen-bond donors (Lipinski definition) is 1. The first-order valence-corrected chi connectivity index (χ1v) is 7.86. The van der Waals surface area contributed by atoms with Crippen LogP contribution in [0.2, 0.25) is 0 Å². The molecule has 2 fully saturated rings. The number of benzene rings is 1.